The third kappa shape index (κ3) is 3.61. The van der Waals surface area contributed by atoms with Crippen molar-refractivity contribution in [2.45, 2.75) is 131 Å². The molecule has 4 fully saturated rings. The van der Waals surface area contributed by atoms with E-state index in [-0.39, 0.29) is 45.7 Å². The zero-order valence-electron chi connectivity index (χ0n) is 22.7. The lowest BCUT2D eigenvalue weighted by Gasteiger charge is -2.70. The Bertz CT molecular complexity index is 779. The molecule has 0 aromatic carbocycles. The SMILES string of the molecule is CC(C)=CCC[C@](C)(O)C1CC[C@]2(C)[C@@H]1[C@H](O)CC1[C@@]3(C)CC[C@H](O)C(C)(C)C3CC[C@]12C. The number of rotatable bonds is 4. The minimum absolute atomic E-state index is 0.0503. The maximum atomic E-state index is 11.8. The maximum Gasteiger partial charge on any atom is 0.0654 e. The molecule has 0 radical (unpaired) electrons. The summed E-state index contributed by atoms with van der Waals surface area (Å²) in [5.41, 5.74) is 0.885. The number of aliphatic hydroxyl groups is 3. The summed E-state index contributed by atoms with van der Waals surface area (Å²) in [5.74, 6) is 1.31. The van der Waals surface area contributed by atoms with Crippen LogP contribution in [0.25, 0.3) is 0 Å². The third-order valence-corrected chi connectivity index (χ3v) is 12.4. The summed E-state index contributed by atoms with van der Waals surface area (Å²) in [6, 6.07) is 0. The highest BCUT2D eigenvalue weighted by Gasteiger charge is 2.71. The van der Waals surface area contributed by atoms with Crippen LogP contribution in [0.2, 0.25) is 0 Å². The number of hydrogen-bond acceptors (Lipinski definition) is 3. The molecule has 3 nitrogen and oxygen atoms in total. The third-order valence-electron chi connectivity index (χ3n) is 12.4. The smallest absolute Gasteiger partial charge is 0.0654 e. The van der Waals surface area contributed by atoms with Gasteiger partial charge in [-0.3, -0.25) is 0 Å². The Morgan fingerprint density at radius 2 is 1.55 bits per heavy atom. The summed E-state index contributed by atoms with van der Waals surface area (Å²) in [5, 5.41) is 34.3. The lowest BCUT2D eigenvalue weighted by molar-refractivity contribution is -0.246. The van der Waals surface area contributed by atoms with Gasteiger partial charge in [0.05, 0.1) is 17.8 Å². The average Bonchev–Trinajstić information content (AvgIpc) is 3.08. The van der Waals surface area contributed by atoms with E-state index in [4.69, 9.17) is 0 Å². The molecule has 3 unspecified atom stereocenters. The first-order valence-electron chi connectivity index (χ1n) is 13.8. The second kappa shape index (κ2) is 8.07. The summed E-state index contributed by atoms with van der Waals surface area (Å²) in [6.07, 6.45) is 10.6. The Morgan fingerprint density at radius 1 is 0.909 bits per heavy atom. The fraction of sp³-hybridized carbons (Fsp3) is 0.933. The monoisotopic (exact) mass is 460 g/mol. The Kier molecular flexibility index (Phi) is 6.28. The summed E-state index contributed by atoms with van der Waals surface area (Å²) in [4.78, 5) is 0. The van der Waals surface area contributed by atoms with Gasteiger partial charge in [0, 0.05) is 0 Å². The van der Waals surface area contributed by atoms with Crippen LogP contribution in [0.1, 0.15) is 113 Å². The van der Waals surface area contributed by atoms with Gasteiger partial charge < -0.3 is 15.3 Å². The minimum atomic E-state index is -0.739. The first kappa shape index (κ1) is 25.7. The Balaban J connectivity index is 1.66. The standard InChI is InChI=1S/C30H52O3/c1-19(2)10-9-14-30(8,33)20-11-16-29(7)25(20)21(31)18-23-27(5)15-13-24(32)26(3,4)22(27)12-17-28(23,29)6/h10,20-25,31-33H,9,11-18H2,1-8H3/t20?,21-,22?,23?,24+,25+,27+,28-,29-,30+/m1/s1. The van der Waals surface area contributed by atoms with Gasteiger partial charge in [0.25, 0.3) is 0 Å². The van der Waals surface area contributed by atoms with Gasteiger partial charge >= 0.3 is 0 Å². The summed E-state index contributed by atoms with van der Waals surface area (Å²) in [6.45, 7) is 18.3. The summed E-state index contributed by atoms with van der Waals surface area (Å²) < 4.78 is 0. The first-order chi connectivity index (χ1) is 15.1. The van der Waals surface area contributed by atoms with Crippen molar-refractivity contribution in [2.75, 3.05) is 0 Å². The van der Waals surface area contributed by atoms with Crippen molar-refractivity contribution in [2.24, 2.45) is 45.3 Å². The van der Waals surface area contributed by atoms with Gasteiger partial charge in [-0.2, -0.15) is 0 Å². The van der Waals surface area contributed by atoms with E-state index >= 15 is 0 Å². The zero-order chi connectivity index (χ0) is 24.6. The van der Waals surface area contributed by atoms with E-state index in [0.29, 0.717) is 11.8 Å². The van der Waals surface area contributed by atoms with Crippen LogP contribution in [0.3, 0.4) is 0 Å². The molecule has 0 aliphatic heterocycles. The number of fused-ring (bicyclic) bond motifs is 5. The normalized spacial score (nSPS) is 50.5. The van der Waals surface area contributed by atoms with E-state index in [0.717, 1.165) is 44.9 Å². The Morgan fingerprint density at radius 3 is 2.18 bits per heavy atom. The largest absolute Gasteiger partial charge is 0.393 e. The van der Waals surface area contributed by atoms with E-state index in [1.165, 1.54) is 18.4 Å². The molecular weight excluding hydrogens is 408 g/mol. The number of allylic oxidation sites excluding steroid dienone is 2. The van der Waals surface area contributed by atoms with Crippen molar-refractivity contribution in [1.82, 2.24) is 0 Å². The Hall–Kier alpha value is -0.380. The molecule has 190 valence electrons. The fourth-order valence-corrected chi connectivity index (χ4v) is 10.3. The van der Waals surface area contributed by atoms with Crippen LogP contribution in [0.15, 0.2) is 11.6 Å². The number of hydrogen-bond donors (Lipinski definition) is 3. The van der Waals surface area contributed by atoms with Crippen LogP contribution in [-0.2, 0) is 0 Å². The van der Waals surface area contributed by atoms with Crippen molar-refractivity contribution in [3.8, 4) is 0 Å². The van der Waals surface area contributed by atoms with E-state index < -0.39 is 5.60 Å². The molecule has 0 amide bonds. The molecule has 3 heteroatoms. The van der Waals surface area contributed by atoms with Crippen molar-refractivity contribution >= 4 is 0 Å². The lowest BCUT2D eigenvalue weighted by Crippen LogP contribution is -2.66. The molecule has 0 saturated heterocycles. The second-order valence-electron chi connectivity index (χ2n) is 14.5. The molecule has 33 heavy (non-hydrogen) atoms. The van der Waals surface area contributed by atoms with Crippen molar-refractivity contribution in [3.63, 3.8) is 0 Å². The summed E-state index contributed by atoms with van der Waals surface area (Å²) in [7, 11) is 0. The van der Waals surface area contributed by atoms with Crippen LogP contribution in [0.4, 0.5) is 0 Å². The molecule has 4 aliphatic rings. The van der Waals surface area contributed by atoms with Crippen molar-refractivity contribution in [3.05, 3.63) is 11.6 Å². The average molecular weight is 461 g/mol. The molecule has 4 aliphatic carbocycles. The molecular formula is C30H52O3. The first-order valence-corrected chi connectivity index (χ1v) is 13.8. The molecule has 4 saturated carbocycles. The minimum Gasteiger partial charge on any atom is -0.393 e. The van der Waals surface area contributed by atoms with Gasteiger partial charge in [-0.1, -0.05) is 46.3 Å². The topological polar surface area (TPSA) is 60.7 Å². The predicted octanol–water partition coefficient (Wildman–Crippen LogP) is 6.50. The van der Waals surface area contributed by atoms with Gasteiger partial charge in [-0.15, -0.1) is 0 Å². The van der Waals surface area contributed by atoms with Crippen LogP contribution < -0.4 is 0 Å². The van der Waals surface area contributed by atoms with Crippen molar-refractivity contribution in [1.29, 1.82) is 0 Å². The lowest BCUT2D eigenvalue weighted by atomic mass is 9.35. The van der Waals surface area contributed by atoms with Crippen LogP contribution in [0, 0.1) is 45.3 Å². The Labute approximate surface area is 203 Å². The fourth-order valence-electron chi connectivity index (χ4n) is 10.3. The van der Waals surface area contributed by atoms with E-state index in [2.05, 4.69) is 54.5 Å². The highest BCUT2D eigenvalue weighted by atomic mass is 16.3. The van der Waals surface area contributed by atoms with Gasteiger partial charge in [0.2, 0.25) is 0 Å². The second-order valence-corrected chi connectivity index (χ2v) is 14.5. The highest BCUT2D eigenvalue weighted by molar-refractivity contribution is 5.20. The molecule has 0 heterocycles. The highest BCUT2D eigenvalue weighted by Crippen LogP contribution is 2.75. The van der Waals surface area contributed by atoms with Gasteiger partial charge in [-0.25, -0.2) is 0 Å². The van der Waals surface area contributed by atoms with Gasteiger partial charge in [0.15, 0.2) is 0 Å². The van der Waals surface area contributed by atoms with Crippen LogP contribution in [0.5, 0.6) is 0 Å². The molecule has 10 atom stereocenters. The van der Waals surface area contributed by atoms with Crippen molar-refractivity contribution < 1.29 is 15.3 Å². The molecule has 0 spiro atoms. The molecule has 4 rings (SSSR count). The predicted molar refractivity (Wildman–Crippen MR) is 136 cm³/mol. The van der Waals surface area contributed by atoms with E-state index in [1.807, 2.05) is 6.92 Å². The molecule has 0 bridgehead atoms. The van der Waals surface area contributed by atoms with Gasteiger partial charge in [0.1, 0.15) is 0 Å². The zero-order valence-corrected chi connectivity index (χ0v) is 22.7. The van der Waals surface area contributed by atoms with Gasteiger partial charge in [-0.05, 0) is 124 Å². The number of aliphatic hydroxyl groups excluding tert-OH is 2. The molecule has 0 aromatic heterocycles. The maximum absolute atomic E-state index is 11.8. The quantitative estimate of drug-likeness (QED) is 0.420. The molecule has 3 N–H and O–H groups in total. The van der Waals surface area contributed by atoms with E-state index in [1.54, 1.807) is 0 Å². The molecule has 0 aromatic rings. The van der Waals surface area contributed by atoms with Crippen LogP contribution in [-0.4, -0.2) is 33.1 Å². The van der Waals surface area contributed by atoms with E-state index in [9.17, 15) is 15.3 Å². The van der Waals surface area contributed by atoms with Crippen LogP contribution >= 0.6 is 0 Å². The summed E-state index contributed by atoms with van der Waals surface area (Å²) >= 11 is 0.